The number of benzene rings is 1. The van der Waals surface area contributed by atoms with Crippen molar-refractivity contribution in [3.05, 3.63) is 29.8 Å². The fraction of sp³-hybridized carbons (Fsp3) is 0.793. The van der Waals surface area contributed by atoms with Gasteiger partial charge in [0, 0.05) is 31.1 Å². The maximum Gasteiger partial charge on any atom is 0.174 e. The normalized spacial score (nSPS) is 30.4. The molecule has 2 fully saturated rings. The van der Waals surface area contributed by atoms with Crippen LogP contribution >= 0.6 is 0 Å². The molecule has 0 aromatic heterocycles. The van der Waals surface area contributed by atoms with Crippen molar-refractivity contribution in [1.82, 2.24) is 5.06 Å². The van der Waals surface area contributed by atoms with Crippen LogP contribution in [0.3, 0.4) is 0 Å². The molecule has 2 heterocycles. The second kappa shape index (κ2) is 12.4. The third-order valence-electron chi connectivity index (χ3n) is 8.13. The van der Waals surface area contributed by atoms with E-state index in [1.807, 2.05) is 12.1 Å². The van der Waals surface area contributed by atoms with Crippen molar-refractivity contribution in [2.45, 2.75) is 110 Å². The summed E-state index contributed by atoms with van der Waals surface area (Å²) in [4.78, 5) is 6.66. The monoisotopic (exact) mass is 491 g/mol. The van der Waals surface area contributed by atoms with E-state index < -0.39 is 5.79 Å². The Hall–Kier alpha value is -1.18. The van der Waals surface area contributed by atoms with Crippen LogP contribution in [0.2, 0.25) is 0 Å². The van der Waals surface area contributed by atoms with Crippen LogP contribution in [0.1, 0.15) is 86.1 Å². The molecule has 2 aliphatic heterocycles. The van der Waals surface area contributed by atoms with E-state index in [4.69, 9.17) is 23.8 Å². The highest BCUT2D eigenvalue weighted by Gasteiger charge is 2.61. The third-order valence-corrected chi connectivity index (χ3v) is 8.13. The van der Waals surface area contributed by atoms with Crippen LogP contribution in [0.4, 0.5) is 0 Å². The molecule has 0 spiro atoms. The Morgan fingerprint density at radius 3 is 2.09 bits per heavy atom. The van der Waals surface area contributed by atoms with Gasteiger partial charge in [-0.15, -0.1) is 0 Å². The molecule has 0 saturated carbocycles. The van der Waals surface area contributed by atoms with E-state index in [0.29, 0.717) is 26.4 Å². The van der Waals surface area contributed by atoms with Crippen molar-refractivity contribution in [1.29, 1.82) is 0 Å². The first-order valence-electron chi connectivity index (χ1n) is 13.8. The Morgan fingerprint density at radius 2 is 1.57 bits per heavy atom. The molecule has 0 aliphatic carbocycles. The van der Waals surface area contributed by atoms with Gasteiger partial charge in [0.1, 0.15) is 18.5 Å². The lowest BCUT2D eigenvalue weighted by molar-refractivity contribution is -0.387. The first-order chi connectivity index (χ1) is 16.8. The van der Waals surface area contributed by atoms with Crippen LogP contribution in [-0.4, -0.2) is 61.1 Å². The molecular weight excluding hydrogens is 442 g/mol. The molecule has 200 valence electrons. The van der Waals surface area contributed by atoms with Crippen molar-refractivity contribution < 1.29 is 23.8 Å². The van der Waals surface area contributed by atoms with Gasteiger partial charge < -0.3 is 18.9 Å². The predicted molar refractivity (Wildman–Crippen MR) is 140 cm³/mol. The number of hydrogen-bond acceptors (Lipinski definition) is 6. The van der Waals surface area contributed by atoms with Gasteiger partial charge in [0.25, 0.3) is 0 Å². The third kappa shape index (κ3) is 6.58. The molecule has 0 amide bonds. The van der Waals surface area contributed by atoms with Gasteiger partial charge in [-0.05, 0) is 63.6 Å². The van der Waals surface area contributed by atoms with E-state index in [1.54, 1.807) is 0 Å². The molecule has 4 atom stereocenters. The number of nitrogens with zero attached hydrogens (tertiary/aromatic N) is 1. The van der Waals surface area contributed by atoms with Gasteiger partial charge in [-0.3, -0.25) is 4.84 Å². The number of ether oxygens (including phenoxy) is 4. The van der Waals surface area contributed by atoms with Gasteiger partial charge in [0.05, 0.1) is 18.8 Å². The zero-order valence-corrected chi connectivity index (χ0v) is 23.2. The number of piperidine rings is 1. The predicted octanol–water partition coefficient (Wildman–Crippen LogP) is 6.17. The van der Waals surface area contributed by atoms with Gasteiger partial charge >= 0.3 is 0 Å². The Kier molecular flexibility index (Phi) is 10.0. The highest BCUT2D eigenvalue weighted by atomic mass is 16.7. The largest absolute Gasteiger partial charge is 0.491 e. The SMILES string of the molecule is CCCOC1(OCCC)CC(C)(CC)N(OCCc2ccc(OCC3CO3)cc2)C(C)(CC)C1C. The summed E-state index contributed by atoms with van der Waals surface area (Å²) in [5.41, 5.74) is 0.836. The zero-order chi connectivity index (χ0) is 25.5. The van der Waals surface area contributed by atoms with Gasteiger partial charge in [0.2, 0.25) is 0 Å². The molecule has 0 radical (unpaired) electrons. The summed E-state index contributed by atoms with van der Waals surface area (Å²) < 4.78 is 24.1. The molecule has 3 rings (SSSR count). The quantitative estimate of drug-likeness (QED) is 0.216. The lowest BCUT2D eigenvalue weighted by Gasteiger charge is -2.62. The minimum atomic E-state index is -0.595. The maximum atomic E-state index is 6.66. The van der Waals surface area contributed by atoms with Gasteiger partial charge in [-0.25, -0.2) is 0 Å². The van der Waals surface area contributed by atoms with Gasteiger partial charge in [-0.1, -0.05) is 46.8 Å². The Morgan fingerprint density at radius 1 is 0.943 bits per heavy atom. The first-order valence-corrected chi connectivity index (χ1v) is 13.8. The Labute approximate surface area is 213 Å². The highest BCUT2D eigenvalue weighted by Crippen LogP contribution is 2.52. The Balaban J connectivity index is 1.71. The summed E-state index contributed by atoms with van der Waals surface area (Å²) in [6, 6.07) is 8.34. The van der Waals surface area contributed by atoms with Crippen LogP contribution < -0.4 is 4.74 Å². The van der Waals surface area contributed by atoms with Gasteiger partial charge in [-0.2, -0.15) is 5.06 Å². The van der Waals surface area contributed by atoms with Crippen molar-refractivity contribution in [2.24, 2.45) is 5.92 Å². The number of rotatable bonds is 15. The van der Waals surface area contributed by atoms with Crippen LogP contribution in [-0.2, 0) is 25.5 Å². The van der Waals surface area contributed by atoms with Crippen LogP contribution in [0.25, 0.3) is 0 Å². The van der Waals surface area contributed by atoms with Crippen LogP contribution in [0.15, 0.2) is 24.3 Å². The molecule has 1 aromatic rings. The second-order valence-corrected chi connectivity index (χ2v) is 10.8. The van der Waals surface area contributed by atoms with Crippen molar-refractivity contribution in [2.75, 3.05) is 33.0 Å². The van der Waals surface area contributed by atoms with E-state index in [-0.39, 0.29) is 23.1 Å². The standard InChI is InChI=1S/C29H49NO5/c1-8-17-33-29(34-18-9-2)22-27(6,10-3)30(28(7,11-4)23(29)5)35-19-16-24-12-14-25(15-13-24)31-20-26-21-32-26/h12-15,23,26H,8-11,16-22H2,1-7H3. The lowest BCUT2D eigenvalue weighted by atomic mass is 9.67. The molecule has 0 bridgehead atoms. The summed E-state index contributed by atoms with van der Waals surface area (Å²) in [5.74, 6) is 0.454. The molecule has 2 saturated heterocycles. The average Bonchev–Trinajstić information content (AvgIpc) is 3.71. The minimum Gasteiger partial charge on any atom is -0.491 e. The summed E-state index contributed by atoms with van der Waals surface area (Å²) in [7, 11) is 0. The van der Waals surface area contributed by atoms with E-state index in [9.17, 15) is 0 Å². The summed E-state index contributed by atoms with van der Waals surface area (Å²) >= 11 is 0. The second-order valence-electron chi connectivity index (χ2n) is 10.8. The maximum absolute atomic E-state index is 6.66. The zero-order valence-electron chi connectivity index (χ0n) is 23.2. The fourth-order valence-electron chi connectivity index (χ4n) is 5.35. The van der Waals surface area contributed by atoms with Crippen molar-refractivity contribution >= 4 is 0 Å². The van der Waals surface area contributed by atoms with E-state index in [1.165, 1.54) is 5.56 Å². The Bertz CT molecular complexity index is 759. The van der Waals surface area contributed by atoms with Gasteiger partial charge in [0.15, 0.2) is 5.79 Å². The molecule has 6 heteroatoms. The molecule has 0 N–H and O–H groups in total. The van der Waals surface area contributed by atoms with E-state index >= 15 is 0 Å². The molecular formula is C29H49NO5. The summed E-state index contributed by atoms with van der Waals surface area (Å²) in [5, 5.41) is 2.31. The molecule has 6 nitrogen and oxygen atoms in total. The van der Waals surface area contributed by atoms with Crippen LogP contribution in [0.5, 0.6) is 5.75 Å². The smallest absolute Gasteiger partial charge is 0.174 e. The summed E-state index contributed by atoms with van der Waals surface area (Å²) in [6.07, 6.45) is 5.78. The van der Waals surface area contributed by atoms with Crippen LogP contribution in [0, 0.1) is 5.92 Å². The van der Waals surface area contributed by atoms with E-state index in [2.05, 4.69) is 65.7 Å². The molecule has 4 unspecified atom stereocenters. The number of epoxide rings is 1. The van der Waals surface area contributed by atoms with Crippen molar-refractivity contribution in [3.63, 3.8) is 0 Å². The lowest BCUT2D eigenvalue weighted by Crippen LogP contribution is -2.72. The summed E-state index contributed by atoms with van der Waals surface area (Å²) in [6.45, 7) is 19.2. The first kappa shape index (κ1) is 28.4. The minimum absolute atomic E-state index is 0.157. The van der Waals surface area contributed by atoms with Crippen molar-refractivity contribution in [3.8, 4) is 5.75 Å². The molecule has 35 heavy (non-hydrogen) atoms. The number of hydroxylamine groups is 2. The highest BCUT2D eigenvalue weighted by molar-refractivity contribution is 5.27. The molecule has 1 aromatic carbocycles. The van der Waals surface area contributed by atoms with E-state index in [0.717, 1.165) is 50.9 Å². The fourth-order valence-corrected chi connectivity index (χ4v) is 5.35. The average molecular weight is 492 g/mol. The molecule has 2 aliphatic rings. The topological polar surface area (TPSA) is 52.7 Å². The number of hydrogen-bond donors (Lipinski definition) is 0.